The van der Waals surface area contributed by atoms with Gasteiger partial charge in [-0.15, -0.1) is 16.4 Å². The van der Waals surface area contributed by atoms with Crippen LogP contribution in [0.2, 0.25) is 0 Å². The van der Waals surface area contributed by atoms with Crippen molar-refractivity contribution < 1.29 is 0 Å². The van der Waals surface area contributed by atoms with Gasteiger partial charge in [-0.2, -0.15) is 4.68 Å². The summed E-state index contributed by atoms with van der Waals surface area (Å²) in [5.74, 6) is 0.864. The number of hydrogen-bond donors (Lipinski definition) is 0. The van der Waals surface area contributed by atoms with Crippen LogP contribution in [0.5, 0.6) is 0 Å². The second-order valence-electron chi connectivity index (χ2n) is 5.93. The minimum absolute atomic E-state index is 0.864. The van der Waals surface area contributed by atoms with Gasteiger partial charge in [-0.05, 0) is 43.4 Å². The van der Waals surface area contributed by atoms with Crippen LogP contribution < -0.4 is 0 Å². The second-order valence-corrected chi connectivity index (χ2v) is 7.02. The summed E-state index contributed by atoms with van der Waals surface area (Å²) in [6.07, 6.45) is 7.73. The highest BCUT2D eigenvalue weighted by atomic mass is 32.1. The lowest BCUT2D eigenvalue weighted by atomic mass is 10.1. The highest BCUT2D eigenvalue weighted by molar-refractivity contribution is 7.18. The van der Waals surface area contributed by atoms with E-state index in [4.69, 9.17) is 0 Å². The molecule has 0 aliphatic heterocycles. The highest BCUT2D eigenvalue weighted by Gasteiger charge is 2.21. The largest absolute Gasteiger partial charge is 0.225 e. The number of fused-ring (bicyclic) bond motifs is 4. The Labute approximate surface area is 137 Å². The summed E-state index contributed by atoms with van der Waals surface area (Å²) >= 11 is 1.82. The van der Waals surface area contributed by atoms with Crippen molar-refractivity contribution in [3.05, 3.63) is 41.0 Å². The average Bonchev–Trinajstić information content (AvgIpc) is 3.09. The molecule has 0 spiro atoms. The lowest BCUT2D eigenvalue weighted by Gasteiger charge is -2.05. The molecule has 0 N–H and O–H groups in total. The quantitative estimate of drug-likeness (QED) is 0.502. The minimum atomic E-state index is 0.864. The van der Waals surface area contributed by atoms with E-state index in [0.29, 0.717) is 0 Å². The molecular formula is C17H15N5S. The molecular weight excluding hydrogens is 306 g/mol. The van der Waals surface area contributed by atoms with Crippen LogP contribution in [0.25, 0.3) is 27.1 Å². The van der Waals surface area contributed by atoms with Gasteiger partial charge in [0.1, 0.15) is 16.7 Å². The topological polar surface area (TPSA) is 56.5 Å². The number of thiophene rings is 1. The molecule has 3 aromatic heterocycles. The van der Waals surface area contributed by atoms with Crippen molar-refractivity contribution in [1.82, 2.24) is 25.0 Å². The van der Waals surface area contributed by atoms with E-state index in [2.05, 4.69) is 20.3 Å². The number of aromatic nitrogens is 5. The van der Waals surface area contributed by atoms with E-state index < -0.39 is 0 Å². The van der Waals surface area contributed by atoms with Crippen LogP contribution in [0.4, 0.5) is 0 Å². The maximum absolute atomic E-state index is 4.57. The van der Waals surface area contributed by atoms with Crippen molar-refractivity contribution in [2.75, 3.05) is 0 Å². The summed E-state index contributed by atoms with van der Waals surface area (Å²) < 4.78 is 1.86. The third kappa shape index (κ3) is 1.98. The maximum Gasteiger partial charge on any atom is 0.168 e. The Morgan fingerprint density at radius 2 is 1.91 bits per heavy atom. The molecule has 4 aromatic rings. The van der Waals surface area contributed by atoms with Gasteiger partial charge in [-0.3, -0.25) is 0 Å². The van der Waals surface area contributed by atoms with Gasteiger partial charge in [0.25, 0.3) is 0 Å². The van der Waals surface area contributed by atoms with Gasteiger partial charge < -0.3 is 0 Å². The Morgan fingerprint density at radius 3 is 2.91 bits per heavy atom. The molecule has 5 rings (SSSR count). The lowest BCUT2D eigenvalue weighted by Crippen LogP contribution is -2.02. The summed E-state index contributed by atoms with van der Waals surface area (Å²) in [4.78, 5) is 11.6. The molecule has 1 aliphatic rings. The molecule has 5 nitrogen and oxygen atoms in total. The van der Waals surface area contributed by atoms with E-state index >= 15 is 0 Å². The van der Waals surface area contributed by atoms with Crippen LogP contribution in [-0.4, -0.2) is 25.0 Å². The Bertz CT molecular complexity index is 1020. The third-order valence-electron chi connectivity index (χ3n) is 4.53. The lowest BCUT2D eigenvalue weighted by molar-refractivity contribution is 0.713. The van der Waals surface area contributed by atoms with Gasteiger partial charge in [-0.1, -0.05) is 23.8 Å². The number of rotatable bonds is 1. The molecule has 0 bridgehead atoms. The molecule has 1 aliphatic carbocycles. The second kappa shape index (κ2) is 5.09. The van der Waals surface area contributed by atoms with Crippen LogP contribution in [0.1, 0.15) is 29.7 Å². The van der Waals surface area contributed by atoms with Crippen LogP contribution in [-0.2, 0) is 12.8 Å². The first-order valence-electron chi connectivity index (χ1n) is 7.98. The van der Waals surface area contributed by atoms with Crippen molar-refractivity contribution in [2.24, 2.45) is 0 Å². The fourth-order valence-electron chi connectivity index (χ4n) is 3.44. The normalized spacial score (nSPS) is 15.0. The summed E-state index contributed by atoms with van der Waals surface area (Å²) in [7, 11) is 0. The van der Waals surface area contributed by atoms with Gasteiger partial charge in [0, 0.05) is 4.88 Å². The molecule has 0 amide bonds. The number of aryl methyl sites for hydroxylation is 2. The van der Waals surface area contributed by atoms with Crippen LogP contribution in [0.15, 0.2) is 30.6 Å². The smallest absolute Gasteiger partial charge is 0.168 e. The molecule has 0 unspecified atom stereocenters. The van der Waals surface area contributed by atoms with Crippen molar-refractivity contribution in [3.8, 4) is 5.82 Å². The van der Waals surface area contributed by atoms with Crippen LogP contribution in [0.3, 0.4) is 0 Å². The van der Waals surface area contributed by atoms with E-state index in [1.807, 2.05) is 40.3 Å². The van der Waals surface area contributed by atoms with E-state index in [1.54, 1.807) is 6.33 Å². The van der Waals surface area contributed by atoms with Gasteiger partial charge in [0.2, 0.25) is 0 Å². The minimum Gasteiger partial charge on any atom is -0.225 e. The summed E-state index contributed by atoms with van der Waals surface area (Å²) in [5.41, 5.74) is 3.30. The predicted molar refractivity (Wildman–Crippen MR) is 91.1 cm³/mol. The third-order valence-corrected chi connectivity index (χ3v) is 5.73. The first kappa shape index (κ1) is 13.1. The zero-order valence-electron chi connectivity index (χ0n) is 12.6. The summed E-state index contributed by atoms with van der Waals surface area (Å²) in [6, 6.07) is 8.00. The van der Waals surface area contributed by atoms with Crippen molar-refractivity contribution in [3.63, 3.8) is 0 Å². The Balaban J connectivity index is 1.83. The Kier molecular flexibility index (Phi) is 2.91. The standard InChI is InChI=1S/C17H15N5S/c1-2-6-11-14(9-3-1)23-17-15(11)16(18-10-19-17)22-13-8-5-4-7-12(13)20-21-22/h4-5,7-8,10H,1-3,6,9H2. The van der Waals surface area contributed by atoms with Gasteiger partial charge in [0.15, 0.2) is 5.82 Å². The van der Waals surface area contributed by atoms with Gasteiger partial charge >= 0.3 is 0 Å². The zero-order chi connectivity index (χ0) is 15.2. The fourth-order valence-corrected chi connectivity index (χ4v) is 4.66. The Morgan fingerprint density at radius 1 is 1.00 bits per heavy atom. The number of para-hydroxylation sites is 1. The fraction of sp³-hybridized carbons (Fsp3) is 0.294. The maximum atomic E-state index is 4.57. The molecule has 0 saturated carbocycles. The molecule has 3 heterocycles. The molecule has 114 valence electrons. The molecule has 0 saturated heterocycles. The van der Waals surface area contributed by atoms with E-state index in [9.17, 15) is 0 Å². The predicted octanol–water partition coefficient (Wildman–Crippen LogP) is 3.69. The molecule has 0 radical (unpaired) electrons. The van der Waals surface area contributed by atoms with Crippen LogP contribution in [0, 0.1) is 0 Å². The highest BCUT2D eigenvalue weighted by Crippen LogP contribution is 2.37. The zero-order valence-corrected chi connectivity index (χ0v) is 13.4. The molecule has 0 fully saturated rings. The van der Waals surface area contributed by atoms with Crippen molar-refractivity contribution in [2.45, 2.75) is 32.1 Å². The number of benzene rings is 1. The first-order chi connectivity index (χ1) is 11.4. The SMILES string of the molecule is c1ccc2c(c1)nnn2-c1ncnc2sc3c(c12)CCCCC3. The molecule has 6 heteroatoms. The number of nitrogens with zero attached hydrogens (tertiary/aromatic N) is 5. The molecule has 1 aromatic carbocycles. The van der Waals surface area contributed by atoms with E-state index in [1.165, 1.54) is 35.1 Å². The van der Waals surface area contributed by atoms with Gasteiger partial charge in [0.05, 0.1) is 10.9 Å². The first-order valence-corrected chi connectivity index (χ1v) is 8.79. The molecule has 23 heavy (non-hydrogen) atoms. The van der Waals surface area contributed by atoms with E-state index in [0.717, 1.165) is 34.5 Å². The monoisotopic (exact) mass is 321 g/mol. The summed E-state index contributed by atoms with van der Waals surface area (Å²) in [5, 5.41) is 9.79. The van der Waals surface area contributed by atoms with Crippen molar-refractivity contribution in [1.29, 1.82) is 0 Å². The van der Waals surface area contributed by atoms with Gasteiger partial charge in [-0.25, -0.2) is 9.97 Å². The van der Waals surface area contributed by atoms with E-state index in [-0.39, 0.29) is 0 Å². The number of hydrogen-bond acceptors (Lipinski definition) is 5. The summed E-state index contributed by atoms with van der Waals surface area (Å²) in [6.45, 7) is 0. The molecule has 0 atom stereocenters. The van der Waals surface area contributed by atoms with Crippen molar-refractivity contribution >= 4 is 32.6 Å². The van der Waals surface area contributed by atoms with Crippen LogP contribution >= 0.6 is 11.3 Å². The average molecular weight is 321 g/mol. The Hall–Kier alpha value is -2.34.